The molecule has 0 bridgehead atoms. The Morgan fingerprint density at radius 1 is 1.16 bits per heavy atom. The fourth-order valence-electron chi connectivity index (χ4n) is 2.90. The molecule has 0 spiro atoms. The lowest BCUT2D eigenvalue weighted by Gasteiger charge is -2.40. The van der Waals surface area contributed by atoms with Crippen molar-refractivity contribution in [1.82, 2.24) is 4.98 Å². The first kappa shape index (κ1) is 13.1. The first-order valence-electron chi connectivity index (χ1n) is 7.09. The molecule has 102 valence electrons. The van der Waals surface area contributed by atoms with Gasteiger partial charge in [0.1, 0.15) is 0 Å². The third-order valence-electron chi connectivity index (χ3n) is 4.44. The Labute approximate surface area is 119 Å². The predicted octanol–water partition coefficient (Wildman–Crippen LogP) is 4.14. The monoisotopic (exact) mass is 274 g/mol. The van der Waals surface area contributed by atoms with E-state index in [1.165, 1.54) is 22.5 Å². The second-order valence-corrected chi connectivity index (χ2v) is 7.89. The molecule has 0 aliphatic heterocycles. The molecule has 3 rings (SSSR count). The largest absolute Gasteiger partial charge is 0.325 e. The summed E-state index contributed by atoms with van der Waals surface area (Å²) in [6.07, 6.45) is 5.64. The molecule has 19 heavy (non-hydrogen) atoms. The molecule has 2 nitrogen and oxygen atoms in total. The minimum absolute atomic E-state index is 0.0383. The van der Waals surface area contributed by atoms with E-state index in [-0.39, 0.29) is 5.54 Å². The first-order valence-corrected chi connectivity index (χ1v) is 7.91. The lowest BCUT2D eigenvalue weighted by Crippen LogP contribution is -2.46. The van der Waals surface area contributed by atoms with Crippen molar-refractivity contribution in [3.63, 3.8) is 0 Å². The minimum Gasteiger partial charge on any atom is -0.325 e. The Balaban J connectivity index is 1.77. The fraction of sp³-hybridized carbons (Fsp3) is 0.562. The molecule has 1 aliphatic carbocycles. The summed E-state index contributed by atoms with van der Waals surface area (Å²) in [5.41, 5.74) is 8.14. The lowest BCUT2D eigenvalue weighted by molar-refractivity contribution is 0.164. The quantitative estimate of drug-likeness (QED) is 0.894. The Hall–Kier alpha value is -0.930. The minimum atomic E-state index is -0.0383. The van der Waals surface area contributed by atoms with Crippen LogP contribution in [0, 0.1) is 5.41 Å². The zero-order chi connectivity index (χ0) is 13.5. The SMILES string of the molecule is CC1(C)CCC(N)(Cc2nc3ccccc3s2)CC1. The number of nitrogens with zero attached hydrogens (tertiary/aromatic N) is 1. The zero-order valence-electron chi connectivity index (χ0n) is 11.8. The summed E-state index contributed by atoms with van der Waals surface area (Å²) in [7, 11) is 0. The van der Waals surface area contributed by atoms with E-state index in [2.05, 4.69) is 32.0 Å². The Morgan fingerprint density at radius 2 is 1.84 bits per heavy atom. The second kappa shape index (κ2) is 4.57. The third kappa shape index (κ3) is 2.82. The Morgan fingerprint density at radius 3 is 2.53 bits per heavy atom. The van der Waals surface area contributed by atoms with Gasteiger partial charge < -0.3 is 5.73 Å². The van der Waals surface area contributed by atoms with Crippen LogP contribution in [0.2, 0.25) is 0 Å². The van der Waals surface area contributed by atoms with Gasteiger partial charge in [0, 0.05) is 12.0 Å². The second-order valence-electron chi connectivity index (χ2n) is 6.78. The molecular formula is C16H22N2S. The van der Waals surface area contributed by atoms with Gasteiger partial charge in [-0.2, -0.15) is 0 Å². The fourth-order valence-corrected chi connectivity index (χ4v) is 4.02. The molecule has 1 aliphatic rings. The summed E-state index contributed by atoms with van der Waals surface area (Å²) in [6, 6.07) is 8.35. The van der Waals surface area contributed by atoms with Crippen molar-refractivity contribution < 1.29 is 0 Å². The molecule has 2 N–H and O–H groups in total. The van der Waals surface area contributed by atoms with Crippen LogP contribution >= 0.6 is 11.3 Å². The van der Waals surface area contributed by atoms with Gasteiger partial charge in [0.05, 0.1) is 15.2 Å². The van der Waals surface area contributed by atoms with Gasteiger partial charge in [0.25, 0.3) is 0 Å². The molecule has 0 unspecified atom stereocenters. The highest BCUT2D eigenvalue weighted by atomic mass is 32.1. The van der Waals surface area contributed by atoms with Gasteiger partial charge in [-0.3, -0.25) is 0 Å². The van der Waals surface area contributed by atoms with E-state index in [9.17, 15) is 0 Å². The highest BCUT2D eigenvalue weighted by Crippen LogP contribution is 2.40. The first-order chi connectivity index (χ1) is 8.96. The third-order valence-corrected chi connectivity index (χ3v) is 5.48. The summed E-state index contributed by atoms with van der Waals surface area (Å²) < 4.78 is 1.28. The number of rotatable bonds is 2. The molecule has 0 radical (unpaired) electrons. The summed E-state index contributed by atoms with van der Waals surface area (Å²) in [4.78, 5) is 4.73. The molecule has 1 saturated carbocycles. The predicted molar refractivity (Wildman–Crippen MR) is 82.5 cm³/mol. The van der Waals surface area contributed by atoms with Crippen LogP contribution in [0.4, 0.5) is 0 Å². The number of aromatic nitrogens is 1. The number of fused-ring (bicyclic) bond motifs is 1. The standard InChI is InChI=1S/C16H22N2S/c1-15(2)7-9-16(17,10-8-15)11-14-18-12-5-3-4-6-13(12)19-14/h3-6H,7-11,17H2,1-2H3. The topological polar surface area (TPSA) is 38.9 Å². The normalized spacial score (nSPS) is 21.6. The highest BCUT2D eigenvalue weighted by Gasteiger charge is 2.35. The lowest BCUT2D eigenvalue weighted by atomic mass is 9.69. The molecule has 0 atom stereocenters. The van der Waals surface area contributed by atoms with Gasteiger partial charge in [-0.25, -0.2) is 4.98 Å². The maximum absolute atomic E-state index is 6.60. The van der Waals surface area contributed by atoms with Crippen LogP contribution in [-0.4, -0.2) is 10.5 Å². The molecule has 3 heteroatoms. The molecule has 2 aromatic rings. The van der Waals surface area contributed by atoms with Crippen LogP contribution in [0.1, 0.15) is 44.5 Å². The number of benzene rings is 1. The molecule has 1 aromatic heterocycles. The summed E-state index contributed by atoms with van der Waals surface area (Å²) in [5.74, 6) is 0. The van der Waals surface area contributed by atoms with Crippen molar-refractivity contribution in [2.24, 2.45) is 11.1 Å². The van der Waals surface area contributed by atoms with Gasteiger partial charge in [-0.05, 0) is 43.2 Å². The Kier molecular flexibility index (Phi) is 3.14. The van der Waals surface area contributed by atoms with Crippen LogP contribution in [0.25, 0.3) is 10.2 Å². The molecule has 0 saturated heterocycles. The van der Waals surface area contributed by atoms with Crippen LogP contribution in [0.15, 0.2) is 24.3 Å². The molecule has 1 heterocycles. The van der Waals surface area contributed by atoms with Crippen LogP contribution in [0.5, 0.6) is 0 Å². The highest BCUT2D eigenvalue weighted by molar-refractivity contribution is 7.18. The van der Waals surface area contributed by atoms with Gasteiger partial charge in [-0.1, -0.05) is 26.0 Å². The maximum atomic E-state index is 6.60. The van der Waals surface area contributed by atoms with E-state index in [1.807, 2.05) is 6.07 Å². The van der Waals surface area contributed by atoms with E-state index in [1.54, 1.807) is 11.3 Å². The van der Waals surface area contributed by atoms with E-state index in [0.29, 0.717) is 5.41 Å². The van der Waals surface area contributed by atoms with Gasteiger partial charge in [-0.15, -0.1) is 11.3 Å². The van der Waals surface area contributed by atoms with E-state index in [4.69, 9.17) is 10.7 Å². The van der Waals surface area contributed by atoms with Crippen molar-refractivity contribution in [2.45, 2.75) is 51.5 Å². The van der Waals surface area contributed by atoms with E-state index >= 15 is 0 Å². The molecule has 0 amide bonds. The van der Waals surface area contributed by atoms with Gasteiger partial charge in [0.15, 0.2) is 0 Å². The zero-order valence-corrected chi connectivity index (χ0v) is 12.6. The number of hydrogen-bond donors (Lipinski definition) is 1. The number of nitrogens with two attached hydrogens (primary N) is 1. The molecule has 1 fully saturated rings. The maximum Gasteiger partial charge on any atom is 0.0956 e. The van der Waals surface area contributed by atoms with Crippen LogP contribution in [0.3, 0.4) is 0 Å². The molecule has 1 aromatic carbocycles. The molecular weight excluding hydrogens is 252 g/mol. The summed E-state index contributed by atoms with van der Waals surface area (Å²) >= 11 is 1.80. The average molecular weight is 274 g/mol. The van der Waals surface area contributed by atoms with Crippen molar-refractivity contribution in [1.29, 1.82) is 0 Å². The van der Waals surface area contributed by atoms with E-state index < -0.39 is 0 Å². The smallest absolute Gasteiger partial charge is 0.0956 e. The van der Waals surface area contributed by atoms with Crippen molar-refractivity contribution in [3.8, 4) is 0 Å². The van der Waals surface area contributed by atoms with Crippen molar-refractivity contribution in [3.05, 3.63) is 29.3 Å². The van der Waals surface area contributed by atoms with Crippen LogP contribution < -0.4 is 5.73 Å². The van der Waals surface area contributed by atoms with Crippen molar-refractivity contribution >= 4 is 21.6 Å². The van der Waals surface area contributed by atoms with Crippen LogP contribution in [-0.2, 0) is 6.42 Å². The van der Waals surface area contributed by atoms with Gasteiger partial charge >= 0.3 is 0 Å². The average Bonchev–Trinajstić information content (AvgIpc) is 2.75. The number of para-hydroxylation sites is 1. The number of thiazole rings is 1. The van der Waals surface area contributed by atoms with E-state index in [0.717, 1.165) is 24.8 Å². The van der Waals surface area contributed by atoms with Gasteiger partial charge in [0.2, 0.25) is 0 Å². The summed E-state index contributed by atoms with van der Waals surface area (Å²) in [6.45, 7) is 4.70. The summed E-state index contributed by atoms with van der Waals surface area (Å²) in [5, 5.41) is 1.20. The number of hydrogen-bond acceptors (Lipinski definition) is 3. The Bertz CT molecular complexity index is 542. The van der Waals surface area contributed by atoms with Crippen molar-refractivity contribution in [2.75, 3.05) is 0 Å².